The van der Waals surface area contributed by atoms with E-state index in [1.807, 2.05) is 72.9 Å². The highest BCUT2D eigenvalue weighted by atomic mass is 16.6. The first-order valence-corrected chi connectivity index (χ1v) is 27.7. The Kier molecular flexibility index (Phi) is 52.0. The van der Waals surface area contributed by atoms with Crippen LogP contribution in [-0.4, -0.2) is 37.2 Å². The molecular weight excluding hydrogens is 841 g/mol. The van der Waals surface area contributed by atoms with E-state index in [2.05, 4.69) is 69.4 Å². The lowest BCUT2D eigenvalue weighted by molar-refractivity contribution is -0.167. The van der Waals surface area contributed by atoms with Gasteiger partial charge in [0.2, 0.25) is 0 Å². The summed E-state index contributed by atoms with van der Waals surface area (Å²) in [5, 5.41) is 0. The molecule has 0 N–H and O–H groups in total. The number of carbonyl (C=O) groups is 3. The number of carbonyl (C=O) groups excluding carboxylic acids is 3. The molecule has 0 spiro atoms. The van der Waals surface area contributed by atoms with Crippen LogP contribution in [0.5, 0.6) is 0 Å². The Morgan fingerprint density at radius 1 is 0.309 bits per heavy atom. The molecule has 0 saturated carbocycles. The Bertz CT molecular complexity index is 1450. The average Bonchev–Trinajstić information content (AvgIpc) is 3.34. The van der Waals surface area contributed by atoms with Crippen LogP contribution in [-0.2, 0) is 28.6 Å². The van der Waals surface area contributed by atoms with Gasteiger partial charge >= 0.3 is 17.9 Å². The summed E-state index contributed by atoms with van der Waals surface area (Å²) in [6.45, 7) is 6.41. The summed E-state index contributed by atoms with van der Waals surface area (Å²) >= 11 is 0. The first-order chi connectivity index (χ1) is 33.5. The van der Waals surface area contributed by atoms with Crippen LogP contribution in [0.1, 0.15) is 233 Å². The third kappa shape index (κ3) is 52.8. The summed E-state index contributed by atoms with van der Waals surface area (Å²) in [6, 6.07) is 0. The van der Waals surface area contributed by atoms with Crippen molar-refractivity contribution in [2.45, 2.75) is 239 Å². The molecule has 0 amide bonds. The van der Waals surface area contributed by atoms with Crippen LogP contribution in [0.2, 0.25) is 0 Å². The first-order valence-electron chi connectivity index (χ1n) is 27.7. The van der Waals surface area contributed by atoms with Crippen molar-refractivity contribution >= 4 is 17.9 Å². The molecule has 0 saturated heterocycles. The van der Waals surface area contributed by atoms with Gasteiger partial charge < -0.3 is 14.2 Å². The van der Waals surface area contributed by atoms with Crippen LogP contribution in [0.15, 0.2) is 122 Å². The van der Waals surface area contributed by atoms with E-state index in [0.717, 1.165) is 96.3 Å². The molecule has 0 aliphatic rings. The zero-order valence-corrected chi connectivity index (χ0v) is 43.8. The van der Waals surface area contributed by atoms with Crippen LogP contribution >= 0.6 is 0 Å². The second kappa shape index (κ2) is 55.4. The van der Waals surface area contributed by atoms with E-state index >= 15 is 0 Å². The van der Waals surface area contributed by atoms with Gasteiger partial charge in [-0.3, -0.25) is 14.4 Å². The predicted octanol–water partition coefficient (Wildman–Crippen LogP) is 18.5. The van der Waals surface area contributed by atoms with Gasteiger partial charge in [-0.05, 0) is 64.2 Å². The summed E-state index contributed by atoms with van der Waals surface area (Å²) < 4.78 is 16.8. The lowest BCUT2D eigenvalue weighted by Gasteiger charge is -2.18. The Hall–Kier alpha value is -4.19. The van der Waals surface area contributed by atoms with Crippen LogP contribution in [0, 0.1) is 0 Å². The van der Waals surface area contributed by atoms with Crippen LogP contribution in [0.4, 0.5) is 0 Å². The van der Waals surface area contributed by atoms with Crippen LogP contribution < -0.4 is 0 Å². The molecule has 68 heavy (non-hydrogen) atoms. The van der Waals surface area contributed by atoms with Crippen molar-refractivity contribution < 1.29 is 28.6 Å². The Balaban J connectivity index is 4.55. The molecule has 0 aliphatic carbocycles. The normalized spacial score (nSPS) is 13.0. The molecule has 0 fully saturated rings. The van der Waals surface area contributed by atoms with Crippen LogP contribution in [0.3, 0.4) is 0 Å². The van der Waals surface area contributed by atoms with Crippen molar-refractivity contribution in [3.8, 4) is 0 Å². The molecular formula is C62H100O6. The minimum absolute atomic E-state index is 0.103. The summed E-state index contributed by atoms with van der Waals surface area (Å²) in [6.07, 6.45) is 76.0. The molecule has 1 atom stereocenters. The van der Waals surface area contributed by atoms with E-state index in [1.165, 1.54) is 96.3 Å². The Morgan fingerprint density at radius 3 is 0.912 bits per heavy atom. The highest BCUT2D eigenvalue weighted by Gasteiger charge is 2.19. The second-order valence-electron chi connectivity index (χ2n) is 18.0. The molecule has 0 aromatic carbocycles. The van der Waals surface area contributed by atoms with E-state index in [9.17, 15) is 14.4 Å². The Morgan fingerprint density at radius 2 is 0.574 bits per heavy atom. The molecule has 0 rings (SSSR count). The summed E-state index contributed by atoms with van der Waals surface area (Å²) in [5.41, 5.74) is 0. The van der Waals surface area contributed by atoms with Crippen LogP contribution in [0.25, 0.3) is 0 Å². The lowest BCUT2D eigenvalue weighted by atomic mass is 10.0. The number of hydrogen-bond acceptors (Lipinski definition) is 6. The third-order valence-electron chi connectivity index (χ3n) is 11.5. The fraction of sp³-hybridized carbons (Fsp3) is 0.629. The van der Waals surface area contributed by atoms with Gasteiger partial charge in [0.25, 0.3) is 0 Å². The Labute approximate surface area is 418 Å². The summed E-state index contributed by atoms with van der Waals surface area (Å²) in [5.74, 6) is -0.971. The van der Waals surface area contributed by atoms with Crippen molar-refractivity contribution in [1.29, 1.82) is 0 Å². The van der Waals surface area contributed by atoms with Crippen molar-refractivity contribution in [2.75, 3.05) is 13.2 Å². The van der Waals surface area contributed by atoms with Gasteiger partial charge in [0.15, 0.2) is 6.10 Å². The molecule has 0 bridgehead atoms. The third-order valence-corrected chi connectivity index (χ3v) is 11.5. The molecule has 0 aromatic heterocycles. The van der Waals surface area contributed by atoms with Crippen molar-refractivity contribution in [3.63, 3.8) is 0 Å². The van der Waals surface area contributed by atoms with E-state index in [-0.39, 0.29) is 31.1 Å². The SMILES string of the molecule is CC\C=C/C=C\C=C/C=C\C=C\C=C/C=C\CCCCCC(=O)OCC(COC(=O)CCCCCCCCCCCCCCC)OC(=O)CCCCCCC\C=C/C=C\C=C/CCCCCCC. The van der Waals surface area contributed by atoms with Gasteiger partial charge in [0, 0.05) is 19.3 Å². The minimum Gasteiger partial charge on any atom is -0.462 e. The predicted molar refractivity (Wildman–Crippen MR) is 293 cm³/mol. The zero-order valence-electron chi connectivity index (χ0n) is 43.8. The van der Waals surface area contributed by atoms with Gasteiger partial charge in [-0.15, -0.1) is 0 Å². The van der Waals surface area contributed by atoms with Gasteiger partial charge in [-0.25, -0.2) is 0 Å². The molecule has 0 aromatic rings. The zero-order chi connectivity index (χ0) is 49.3. The number of allylic oxidation sites excluding steroid dienone is 20. The maximum atomic E-state index is 12.8. The topological polar surface area (TPSA) is 78.9 Å². The van der Waals surface area contributed by atoms with Gasteiger partial charge in [-0.2, -0.15) is 0 Å². The number of hydrogen-bond donors (Lipinski definition) is 0. The fourth-order valence-corrected chi connectivity index (χ4v) is 7.31. The van der Waals surface area contributed by atoms with E-state index in [1.54, 1.807) is 0 Å². The second-order valence-corrected chi connectivity index (χ2v) is 18.0. The monoisotopic (exact) mass is 941 g/mol. The molecule has 0 heterocycles. The average molecular weight is 941 g/mol. The van der Waals surface area contributed by atoms with E-state index in [0.29, 0.717) is 19.3 Å². The number of esters is 3. The standard InChI is InChI=1S/C62H100O6/c1-4-7-10-13-16-19-22-25-27-29-31-33-34-37-40-43-46-49-52-55-61(64)67-58-59(57-66-60(63)54-51-48-45-42-39-36-24-21-18-15-12-9-6-3)68-62(65)56-53-50-47-44-41-38-35-32-30-28-26-23-20-17-14-11-8-5-2/h7,10,13,16,19,22-23,25-35,37,40,59H,4-6,8-9,11-12,14-15,17-18,20-21,24,36,38-39,41-58H2,1-3H3/b10-7-,16-13-,22-19-,26-23-,27-25-,30-28-,31-29+,34-33-,35-32-,40-37-. The highest BCUT2D eigenvalue weighted by Crippen LogP contribution is 2.15. The molecule has 0 radical (unpaired) electrons. The molecule has 6 nitrogen and oxygen atoms in total. The van der Waals surface area contributed by atoms with Gasteiger partial charge in [0.1, 0.15) is 13.2 Å². The molecule has 0 aliphatic heterocycles. The lowest BCUT2D eigenvalue weighted by Crippen LogP contribution is -2.30. The van der Waals surface area contributed by atoms with Gasteiger partial charge in [-0.1, -0.05) is 271 Å². The smallest absolute Gasteiger partial charge is 0.306 e. The molecule has 6 heteroatoms. The van der Waals surface area contributed by atoms with Gasteiger partial charge in [0.05, 0.1) is 0 Å². The minimum atomic E-state index is -0.810. The molecule has 384 valence electrons. The number of unbranched alkanes of at least 4 members (excludes halogenated alkanes) is 25. The maximum absolute atomic E-state index is 12.8. The van der Waals surface area contributed by atoms with Crippen molar-refractivity contribution in [3.05, 3.63) is 122 Å². The van der Waals surface area contributed by atoms with E-state index < -0.39 is 6.10 Å². The van der Waals surface area contributed by atoms with Crippen molar-refractivity contribution in [1.82, 2.24) is 0 Å². The fourth-order valence-electron chi connectivity index (χ4n) is 7.31. The van der Waals surface area contributed by atoms with E-state index in [4.69, 9.17) is 14.2 Å². The van der Waals surface area contributed by atoms with Crippen molar-refractivity contribution in [2.24, 2.45) is 0 Å². The quantitative estimate of drug-likeness (QED) is 0.0262. The summed E-state index contributed by atoms with van der Waals surface area (Å²) in [7, 11) is 0. The number of ether oxygens (including phenoxy) is 3. The maximum Gasteiger partial charge on any atom is 0.306 e. The molecule has 1 unspecified atom stereocenters. The highest BCUT2D eigenvalue weighted by molar-refractivity contribution is 5.71. The number of rotatable bonds is 48. The first kappa shape index (κ1) is 63.8. The summed E-state index contributed by atoms with van der Waals surface area (Å²) in [4.78, 5) is 38.1. The largest absolute Gasteiger partial charge is 0.462 e.